The highest BCUT2D eigenvalue weighted by atomic mass is 32.2. The number of anilines is 3. The largest absolute Gasteiger partial charge is 0.326 e. The quantitative estimate of drug-likeness (QED) is 0.438. The highest BCUT2D eigenvalue weighted by Crippen LogP contribution is 2.35. The molecule has 1 aromatic heterocycles. The van der Waals surface area contributed by atoms with E-state index in [-0.39, 0.29) is 4.90 Å². The summed E-state index contributed by atoms with van der Waals surface area (Å²) < 4.78 is 28.3. The fraction of sp³-hybridized carbons (Fsp3) is 0.320. The van der Waals surface area contributed by atoms with Gasteiger partial charge in [0.15, 0.2) is 0 Å². The number of nitrogens with one attached hydrogen (secondary N) is 1. The lowest BCUT2D eigenvalue weighted by molar-refractivity contribution is 0.601. The van der Waals surface area contributed by atoms with Crippen molar-refractivity contribution in [3.05, 3.63) is 78.0 Å². The van der Waals surface area contributed by atoms with E-state index >= 15 is 0 Å². The minimum absolute atomic E-state index is 0.287. The Bertz CT molecular complexity index is 1130. The van der Waals surface area contributed by atoms with Gasteiger partial charge >= 0.3 is 0 Å². The van der Waals surface area contributed by atoms with Crippen LogP contribution in [-0.2, 0) is 22.9 Å². The van der Waals surface area contributed by atoms with E-state index in [4.69, 9.17) is 4.98 Å². The van der Waals surface area contributed by atoms with Crippen molar-refractivity contribution in [2.45, 2.75) is 50.3 Å². The highest BCUT2D eigenvalue weighted by molar-refractivity contribution is 7.92. The van der Waals surface area contributed by atoms with Gasteiger partial charge in [0, 0.05) is 23.6 Å². The van der Waals surface area contributed by atoms with Crippen molar-refractivity contribution in [2.24, 2.45) is 0 Å². The summed E-state index contributed by atoms with van der Waals surface area (Å²) in [5.74, 6) is 0.935. The maximum atomic E-state index is 12.8. The van der Waals surface area contributed by atoms with Crippen LogP contribution in [0.2, 0.25) is 0 Å². The van der Waals surface area contributed by atoms with E-state index in [0.717, 1.165) is 48.6 Å². The summed E-state index contributed by atoms with van der Waals surface area (Å²) in [6, 6.07) is 20.5. The van der Waals surface area contributed by atoms with E-state index in [1.165, 1.54) is 19.3 Å². The third kappa shape index (κ3) is 5.07. The van der Waals surface area contributed by atoms with Crippen molar-refractivity contribution in [1.29, 1.82) is 0 Å². The van der Waals surface area contributed by atoms with Gasteiger partial charge in [-0.05, 0) is 67.3 Å². The zero-order valence-corrected chi connectivity index (χ0v) is 18.7. The van der Waals surface area contributed by atoms with E-state index in [1.54, 1.807) is 24.3 Å². The van der Waals surface area contributed by atoms with Gasteiger partial charge in [0.2, 0.25) is 0 Å². The summed E-state index contributed by atoms with van der Waals surface area (Å²) in [6.07, 6.45) is 6.70. The summed E-state index contributed by atoms with van der Waals surface area (Å²) in [6.45, 7) is 3.02. The van der Waals surface area contributed by atoms with Gasteiger partial charge in [-0.25, -0.2) is 13.4 Å². The topological polar surface area (TPSA) is 62.3 Å². The molecule has 5 nitrogen and oxygen atoms in total. The molecule has 2 aromatic carbocycles. The predicted octanol–water partition coefficient (Wildman–Crippen LogP) is 5.70. The smallest absolute Gasteiger partial charge is 0.261 e. The Morgan fingerprint density at radius 2 is 1.81 bits per heavy atom. The molecule has 31 heavy (non-hydrogen) atoms. The number of hydrogen-bond acceptors (Lipinski definition) is 4. The highest BCUT2D eigenvalue weighted by Gasteiger charge is 2.24. The molecule has 0 radical (unpaired) electrons. The van der Waals surface area contributed by atoms with Crippen LogP contribution >= 0.6 is 0 Å². The van der Waals surface area contributed by atoms with Crippen LogP contribution in [0.4, 0.5) is 17.2 Å². The molecule has 3 aromatic rings. The number of aromatic nitrogens is 1. The van der Waals surface area contributed by atoms with Gasteiger partial charge < -0.3 is 4.90 Å². The van der Waals surface area contributed by atoms with Crippen molar-refractivity contribution in [2.75, 3.05) is 16.2 Å². The fourth-order valence-electron chi connectivity index (χ4n) is 3.99. The number of nitrogens with zero attached hydrogens (tertiary/aromatic N) is 2. The molecule has 4 rings (SSSR count). The second-order valence-corrected chi connectivity index (χ2v) is 9.64. The van der Waals surface area contributed by atoms with Crippen LogP contribution in [0.15, 0.2) is 71.6 Å². The molecule has 0 saturated carbocycles. The normalized spacial score (nSPS) is 13.3. The minimum atomic E-state index is -3.62. The minimum Gasteiger partial charge on any atom is -0.326 e. The van der Waals surface area contributed by atoms with Crippen LogP contribution in [0.5, 0.6) is 0 Å². The number of aryl methyl sites for hydroxylation is 1. The van der Waals surface area contributed by atoms with Gasteiger partial charge in [-0.15, -0.1) is 0 Å². The number of pyridine rings is 1. The van der Waals surface area contributed by atoms with Crippen LogP contribution in [0, 0.1) is 0 Å². The number of para-hydroxylation sites is 1. The summed E-state index contributed by atoms with van der Waals surface area (Å²) in [5.41, 5.74) is 3.75. The summed E-state index contributed by atoms with van der Waals surface area (Å²) >= 11 is 0. The van der Waals surface area contributed by atoms with Crippen molar-refractivity contribution < 1.29 is 8.42 Å². The molecule has 0 saturated heterocycles. The van der Waals surface area contributed by atoms with Gasteiger partial charge in [-0.2, -0.15) is 0 Å². The Morgan fingerprint density at radius 1 is 0.968 bits per heavy atom. The second-order valence-electron chi connectivity index (χ2n) is 7.96. The molecule has 1 aliphatic heterocycles. The molecule has 0 unspecified atom stereocenters. The monoisotopic (exact) mass is 435 g/mol. The third-order valence-corrected chi connectivity index (χ3v) is 7.02. The van der Waals surface area contributed by atoms with E-state index < -0.39 is 10.0 Å². The van der Waals surface area contributed by atoms with Gasteiger partial charge in [0.25, 0.3) is 10.0 Å². The standard InChI is InChI=1S/C25H29N3O2S/c1-2-3-4-6-10-21-13-9-14-25(26-21)28-18-17-20-19-23(15-16-24(20)28)31(29,30)27-22-11-7-5-8-12-22/h5,7-9,11-16,19,27H,2-4,6,10,17-18H2,1H3. The number of unbranched alkanes of at least 4 members (excludes halogenated alkanes) is 3. The Balaban J connectivity index is 1.51. The molecule has 1 aliphatic rings. The lowest BCUT2D eigenvalue weighted by Gasteiger charge is -2.19. The van der Waals surface area contributed by atoms with Gasteiger partial charge in [-0.3, -0.25) is 4.72 Å². The zero-order chi connectivity index (χ0) is 21.7. The van der Waals surface area contributed by atoms with Crippen molar-refractivity contribution in [3.63, 3.8) is 0 Å². The maximum absolute atomic E-state index is 12.8. The zero-order valence-electron chi connectivity index (χ0n) is 17.9. The molecule has 162 valence electrons. The van der Waals surface area contributed by atoms with Gasteiger partial charge in [0.05, 0.1) is 4.90 Å². The first-order chi connectivity index (χ1) is 15.1. The molecule has 0 spiro atoms. The number of sulfonamides is 1. The molecule has 0 atom stereocenters. The lowest BCUT2D eigenvalue weighted by atomic mass is 10.1. The van der Waals surface area contributed by atoms with E-state index in [1.807, 2.05) is 30.3 Å². The molecule has 0 fully saturated rings. The first-order valence-electron chi connectivity index (χ1n) is 11.0. The van der Waals surface area contributed by atoms with Crippen LogP contribution in [0.1, 0.15) is 43.9 Å². The summed E-state index contributed by atoms with van der Waals surface area (Å²) in [4.78, 5) is 7.35. The molecule has 0 amide bonds. The third-order valence-electron chi connectivity index (χ3n) is 5.64. The van der Waals surface area contributed by atoms with Crippen molar-refractivity contribution in [1.82, 2.24) is 4.98 Å². The maximum Gasteiger partial charge on any atom is 0.261 e. The second kappa shape index (κ2) is 9.52. The molecular weight excluding hydrogens is 406 g/mol. The Labute approximate surface area is 185 Å². The van der Waals surface area contributed by atoms with E-state index in [0.29, 0.717) is 5.69 Å². The average Bonchev–Trinajstić information content (AvgIpc) is 3.21. The molecule has 0 aliphatic carbocycles. The predicted molar refractivity (Wildman–Crippen MR) is 126 cm³/mol. The first kappa shape index (κ1) is 21.4. The number of benzene rings is 2. The van der Waals surface area contributed by atoms with Crippen LogP contribution in [0.3, 0.4) is 0 Å². The van der Waals surface area contributed by atoms with Crippen molar-refractivity contribution in [3.8, 4) is 0 Å². The SMILES string of the molecule is CCCCCCc1cccc(N2CCc3cc(S(=O)(=O)Nc4ccccc4)ccc32)n1. The first-order valence-corrected chi connectivity index (χ1v) is 12.5. The number of fused-ring (bicyclic) bond motifs is 1. The molecular formula is C25H29N3O2S. The summed E-state index contributed by atoms with van der Waals surface area (Å²) in [5, 5.41) is 0. The van der Waals surface area contributed by atoms with E-state index in [2.05, 4.69) is 28.7 Å². The lowest BCUT2D eigenvalue weighted by Crippen LogP contribution is -2.15. The fourth-order valence-corrected chi connectivity index (χ4v) is 5.10. The number of rotatable bonds is 9. The molecule has 2 heterocycles. The van der Waals surface area contributed by atoms with Crippen LogP contribution in [-0.4, -0.2) is 19.9 Å². The van der Waals surface area contributed by atoms with Crippen molar-refractivity contribution >= 4 is 27.2 Å². The summed E-state index contributed by atoms with van der Waals surface area (Å²) in [7, 11) is -3.62. The van der Waals surface area contributed by atoms with Crippen LogP contribution < -0.4 is 9.62 Å². The van der Waals surface area contributed by atoms with Crippen LogP contribution in [0.25, 0.3) is 0 Å². The van der Waals surface area contributed by atoms with Gasteiger partial charge in [0.1, 0.15) is 5.82 Å². The molecule has 0 bridgehead atoms. The van der Waals surface area contributed by atoms with E-state index in [9.17, 15) is 8.42 Å². The number of hydrogen-bond donors (Lipinski definition) is 1. The molecule has 1 N–H and O–H groups in total. The Morgan fingerprint density at radius 3 is 2.61 bits per heavy atom. The Kier molecular flexibility index (Phi) is 6.56. The Hall–Kier alpha value is -2.86. The van der Waals surface area contributed by atoms with Gasteiger partial charge in [-0.1, -0.05) is 50.5 Å². The molecule has 6 heteroatoms. The average molecular weight is 436 g/mol.